The molecule has 1 fully saturated rings. The maximum absolute atomic E-state index is 12.5. The van der Waals surface area contributed by atoms with Crippen LogP contribution in [0.25, 0.3) is 0 Å². The minimum Gasteiger partial charge on any atom is -0.392 e. The molecular weight excluding hydrogens is 358 g/mol. The van der Waals surface area contributed by atoms with Crippen molar-refractivity contribution in [3.63, 3.8) is 0 Å². The largest absolute Gasteiger partial charge is 0.392 e. The summed E-state index contributed by atoms with van der Waals surface area (Å²) < 4.78 is 33.5. The molecule has 5 nitrogen and oxygen atoms in total. The van der Waals surface area contributed by atoms with Crippen LogP contribution in [0.1, 0.15) is 25.8 Å². The number of aliphatic hydroxyl groups excluding tert-OH is 1. The maximum atomic E-state index is 12.5. The first-order chi connectivity index (χ1) is 9.72. The molecule has 1 saturated carbocycles. The van der Waals surface area contributed by atoms with E-state index in [-0.39, 0.29) is 29.1 Å². The molecule has 2 atom stereocenters. The fourth-order valence-electron chi connectivity index (χ4n) is 2.60. The Morgan fingerprint density at radius 2 is 2.14 bits per heavy atom. The van der Waals surface area contributed by atoms with Crippen LogP contribution >= 0.6 is 15.9 Å². The average molecular weight is 378 g/mol. The van der Waals surface area contributed by atoms with Gasteiger partial charge in [0.25, 0.3) is 0 Å². The summed E-state index contributed by atoms with van der Waals surface area (Å²) in [6, 6.07) is 4.55. The fourth-order valence-corrected chi connectivity index (χ4v) is 5.13. The fraction of sp³-hybridized carbons (Fsp3) is 0.571. The van der Waals surface area contributed by atoms with E-state index in [1.165, 1.54) is 6.07 Å². The molecule has 1 aromatic rings. The van der Waals surface area contributed by atoms with E-state index in [4.69, 9.17) is 9.84 Å². The summed E-state index contributed by atoms with van der Waals surface area (Å²) in [6.45, 7) is 3.85. The summed E-state index contributed by atoms with van der Waals surface area (Å²) in [5.74, 6) is 0. The van der Waals surface area contributed by atoms with Gasteiger partial charge in [0.1, 0.15) is 0 Å². The van der Waals surface area contributed by atoms with Gasteiger partial charge in [-0.15, -0.1) is 0 Å². The highest BCUT2D eigenvalue weighted by Gasteiger charge is 2.50. The van der Waals surface area contributed by atoms with Gasteiger partial charge in [-0.3, -0.25) is 0 Å². The van der Waals surface area contributed by atoms with Crippen molar-refractivity contribution in [1.29, 1.82) is 0 Å². The highest BCUT2D eigenvalue weighted by molar-refractivity contribution is 9.10. The summed E-state index contributed by atoms with van der Waals surface area (Å²) in [4.78, 5) is 0.177. The number of benzene rings is 1. The second-order valence-corrected chi connectivity index (χ2v) is 8.41. The standard InChI is InChI=1S/C14H20BrNO4S/c1-14(2)12(7-13(14)20-3)16-21(18,19)11-5-4-9(8-17)6-10(11)15/h4-6,12-13,16-17H,7-8H2,1-3H3. The molecule has 2 rings (SSSR count). The second kappa shape index (κ2) is 5.96. The molecule has 1 aliphatic rings. The molecule has 7 heteroatoms. The molecule has 21 heavy (non-hydrogen) atoms. The van der Waals surface area contributed by atoms with Crippen LogP contribution in [0.2, 0.25) is 0 Å². The smallest absolute Gasteiger partial charge is 0.241 e. The number of methoxy groups -OCH3 is 1. The van der Waals surface area contributed by atoms with E-state index in [2.05, 4.69) is 20.7 Å². The van der Waals surface area contributed by atoms with Gasteiger partial charge in [-0.1, -0.05) is 19.9 Å². The third kappa shape index (κ3) is 3.17. The van der Waals surface area contributed by atoms with Crippen molar-refractivity contribution in [3.8, 4) is 0 Å². The summed E-state index contributed by atoms with van der Waals surface area (Å²) >= 11 is 3.25. The van der Waals surface area contributed by atoms with Crippen molar-refractivity contribution >= 4 is 26.0 Å². The van der Waals surface area contributed by atoms with E-state index < -0.39 is 10.0 Å². The van der Waals surface area contributed by atoms with E-state index >= 15 is 0 Å². The van der Waals surface area contributed by atoms with Gasteiger partial charge in [0.05, 0.1) is 17.6 Å². The van der Waals surface area contributed by atoms with Gasteiger partial charge in [-0.05, 0) is 40.0 Å². The van der Waals surface area contributed by atoms with Crippen molar-refractivity contribution < 1.29 is 18.3 Å². The molecular formula is C14H20BrNO4S. The van der Waals surface area contributed by atoms with Crippen molar-refractivity contribution in [2.45, 2.75) is 43.9 Å². The molecule has 1 aromatic carbocycles. The van der Waals surface area contributed by atoms with Crippen LogP contribution in [-0.2, 0) is 21.4 Å². The van der Waals surface area contributed by atoms with E-state index in [0.717, 1.165) is 0 Å². The third-order valence-corrected chi connectivity index (χ3v) is 6.68. The second-order valence-electron chi connectivity index (χ2n) is 5.88. The Labute approximate surface area is 133 Å². The molecule has 0 bridgehead atoms. The van der Waals surface area contributed by atoms with Crippen molar-refractivity contribution in [2.75, 3.05) is 7.11 Å². The molecule has 0 aromatic heterocycles. The lowest BCUT2D eigenvalue weighted by atomic mass is 9.65. The Kier molecular flexibility index (Phi) is 4.80. The highest BCUT2D eigenvalue weighted by atomic mass is 79.9. The maximum Gasteiger partial charge on any atom is 0.241 e. The summed E-state index contributed by atoms with van der Waals surface area (Å²) in [5, 5.41) is 9.07. The van der Waals surface area contributed by atoms with Crippen LogP contribution in [0.15, 0.2) is 27.6 Å². The van der Waals surface area contributed by atoms with Crippen molar-refractivity contribution in [3.05, 3.63) is 28.2 Å². The lowest BCUT2D eigenvalue weighted by Crippen LogP contribution is -2.61. The first kappa shape index (κ1) is 16.9. The van der Waals surface area contributed by atoms with Crippen LogP contribution in [0.3, 0.4) is 0 Å². The molecule has 0 heterocycles. The quantitative estimate of drug-likeness (QED) is 0.822. The Balaban J connectivity index is 2.20. The van der Waals surface area contributed by atoms with Gasteiger partial charge in [-0.2, -0.15) is 0 Å². The van der Waals surface area contributed by atoms with E-state index in [1.807, 2.05) is 13.8 Å². The number of aliphatic hydroxyl groups is 1. The van der Waals surface area contributed by atoms with Gasteiger partial charge >= 0.3 is 0 Å². The summed E-state index contributed by atoms with van der Waals surface area (Å²) in [7, 11) is -1.97. The number of nitrogens with one attached hydrogen (secondary N) is 1. The van der Waals surface area contributed by atoms with Gasteiger partial charge in [-0.25, -0.2) is 13.1 Å². The zero-order valence-corrected chi connectivity index (χ0v) is 14.7. The average Bonchev–Trinajstić information content (AvgIpc) is 2.42. The minimum absolute atomic E-state index is 0.0606. The number of rotatable bonds is 5. The van der Waals surface area contributed by atoms with Crippen molar-refractivity contribution in [2.24, 2.45) is 5.41 Å². The van der Waals surface area contributed by atoms with Crippen LogP contribution in [-0.4, -0.2) is 32.8 Å². The predicted molar refractivity (Wildman–Crippen MR) is 83.4 cm³/mol. The van der Waals surface area contributed by atoms with Gasteiger partial charge in [0.15, 0.2) is 0 Å². The van der Waals surface area contributed by atoms with Crippen molar-refractivity contribution in [1.82, 2.24) is 4.72 Å². The van der Waals surface area contributed by atoms with E-state index in [1.54, 1.807) is 19.2 Å². The number of hydrogen-bond donors (Lipinski definition) is 2. The van der Waals surface area contributed by atoms with Crippen LogP contribution in [0.4, 0.5) is 0 Å². The van der Waals surface area contributed by atoms with Crippen LogP contribution < -0.4 is 4.72 Å². The van der Waals surface area contributed by atoms with E-state index in [9.17, 15) is 8.42 Å². The molecule has 118 valence electrons. The molecule has 0 spiro atoms. The Hall–Kier alpha value is -0.470. The number of sulfonamides is 1. The molecule has 0 radical (unpaired) electrons. The number of halogens is 1. The molecule has 0 saturated heterocycles. The number of hydrogen-bond acceptors (Lipinski definition) is 4. The molecule has 2 unspecified atom stereocenters. The highest BCUT2D eigenvalue weighted by Crippen LogP contribution is 2.43. The predicted octanol–water partition coefficient (Wildman–Crippen LogP) is 2.03. The normalized spacial score (nSPS) is 24.6. The SMILES string of the molecule is COC1CC(NS(=O)(=O)c2ccc(CO)cc2Br)C1(C)C. The van der Waals surface area contributed by atoms with E-state index in [0.29, 0.717) is 16.5 Å². The third-order valence-electron chi connectivity index (χ3n) is 4.23. The lowest BCUT2D eigenvalue weighted by molar-refractivity contribution is -0.0908. The van der Waals surface area contributed by atoms with Gasteiger partial charge in [0.2, 0.25) is 10.0 Å². The minimum atomic E-state index is -3.61. The monoisotopic (exact) mass is 377 g/mol. The number of ether oxygens (including phenoxy) is 1. The first-order valence-electron chi connectivity index (χ1n) is 6.66. The Morgan fingerprint density at radius 3 is 2.62 bits per heavy atom. The van der Waals surface area contributed by atoms with Gasteiger partial charge in [0, 0.05) is 23.0 Å². The molecule has 0 amide bonds. The molecule has 2 N–H and O–H groups in total. The first-order valence-corrected chi connectivity index (χ1v) is 8.94. The van der Waals surface area contributed by atoms with Gasteiger partial charge < -0.3 is 9.84 Å². The lowest BCUT2D eigenvalue weighted by Gasteiger charge is -2.50. The molecule has 1 aliphatic carbocycles. The van der Waals surface area contributed by atoms with Crippen LogP contribution in [0.5, 0.6) is 0 Å². The summed E-state index contributed by atoms with van der Waals surface area (Å²) in [6.07, 6.45) is 0.722. The Bertz CT molecular complexity index is 630. The summed E-state index contributed by atoms with van der Waals surface area (Å²) in [5.41, 5.74) is 0.420. The van der Waals surface area contributed by atoms with Crippen LogP contribution in [0, 0.1) is 5.41 Å². The molecule has 0 aliphatic heterocycles. The topological polar surface area (TPSA) is 75.6 Å². The zero-order valence-electron chi connectivity index (χ0n) is 12.3. The zero-order chi connectivity index (χ0) is 15.8. The Morgan fingerprint density at radius 1 is 1.48 bits per heavy atom.